The molecule has 1 fully saturated rings. The molecule has 100 valence electrons. The van der Waals surface area contributed by atoms with E-state index >= 15 is 0 Å². The SMILES string of the molecule is CC1CS(=O)(=O)CCN1Cc1ccc(Br)cc1N. The van der Waals surface area contributed by atoms with Gasteiger partial charge in [-0.3, -0.25) is 4.90 Å². The standard InChI is InChI=1S/C12H17BrN2O2S/c1-9-8-18(16,17)5-4-15(9)7-10-2-3-11(13)6-12(10)14/h2-3,6,9H,4-5,7-8,14H2,1H3. The van der Waals surface area contributed by atoms with Crippen LogP contribution in [0.15, 0.2) is 22.7 Å². The van der Waals surface area contributed by atoms with Crippen molar-refractivity contribution in [3.05, 3.63) is 28.2 Å². The molecule has 0 radical (unpaired) electrons. The number of anilines is 1. The molecule has 1 aliphatic rings. The first-order valence-electron chi connectivity index (χ1n) is 5.86. The monoisotopic (exact) mass is 332 g/mol. The average molecular weight is 333 g/mol. The van der Waals surface area contributed by atoms with Crippen LogP contribution in [0.2, 0.25) is 0 Å². The minimum atomic E-state index is -2.85. The second-order valence-electron chi connectivity index (χ2n) is 4.78. The summed E-state index contributed by atoms with van der Waals surface area (Å²) in [6, 6.07) is 5.86. The smallest absolute Gasteiger partial charge is 0.153 e. The van der Waals surface area contributed by atoms with Crippen molar-refractivity contribution in [2.24, 2.45) is 0 Å². The van der Waals surface area contributed by atoms with Crippen LogP contribution in [0, 0.1) is 0 Å². The maximum Gasteiger partial charge on any atom is 0.153 e. The Labute approximate surface area is 116 Å². The van der Waals surface area contributed by atoms with Crippen molar-refractivity contribution in [3.63, 3.8) is 0 Å². The number of hydrogen-bond donors (Lipinski definition) is 1. The first kappa shape index (κ1) is 13.8. The molecule has 0 spiro atoms. The maximum atomic E-state index is 11.5. The third-order valence-corrected chi connectivity index (χ3v) is 5.58. The van der Waals surface area contributed by atoms with E-state index in [0.717, 1.165) is 15.7 Å². The van der Waals surface area contributed by atoms with Crippen LogP contribution >= 0.6 is 15.9 Å². The molecule has 1 atom stereocenters. The number of halogens is 1. The highest BCUT2D eigenvalue weighted by Crippen LogP contribution is 2.22. The molecule has 1 saturated heterocycles. The molecule has 2 N–H and O–H groups in total. The van der Waals surface area contributed by atoms with Crippen LogP contribution in [0.5, 0.6) is 0 Å². The van der Waals surface area contributed by atoms with E-state index in [1.165, 1.54) is 0 Å². The quantitative estimate of drug-likeness (QED) is 0.836. The molecule has 0 bridgehead atoms. The maximum absolute atomic E-state index is 11.5. The summed E-state index contributed by atoms with van der Waals surface area (Å²) in [7, 11) is -2.85. The van der Waals surface area contributed by atoms with E-state index in [1.54, 1.807) is 0 Å². The molecule has 18 heavy (non-hydrogen) atoms. The van der Waals surface area contributed by atoms with Crippen molar-refractivity contribution >= 4 is 31.5 Å². The average Bonchev–Trinajstić information content (AvgIpc) is 2.24. The number of hydrogen-bond acceptors (Lipinski definition) is 4. The molecule has 0 saturated carbocycles. The van der Waals surface area contributed by atoms with Crippen LogP contribution in [-0.4, -0.2) is 37.4 Å². The van der Waals surface area contributed by atoms with Gasteiger partial charge in [0.15, 0.2) is 9.84 Å². The fraction of sp³-hybridized carbons (Fsp3) is 0.500. The normalized spacial score (nSPS) is 24.0. The molecule has 1 aromatic rings. The fourth-order valence-electron chi connectivity index (χ4n) is 2.20. The molecule has 4 nitrogen and oxygen atoms in total. The van der Waals surface area contributed by atoms with Crippen molar-refractivity contribution in [1.29, 1.82) is 0 Å². The van der Waals surface area contributed by atoms with Gasteiger partial charge in [-0.15, -0.1) is 0 Å². The third-order valence-electron chi connectivity index (χ3n) is 3.29. The molecular formula is C12H17BrN2O2S. The number of nitrogens with zero attached hydrogens (tertiary/aromatic N) is 1. The zero-order valence-electron chi connectivity index (χ0n) is 10.3. The van der Waals surface area contributed by atoms with Gasteiger partial charge in [0.2, 0.25) is 0 Å². The summed E-state index contributed by atoms with van der Waals surface area (Å²) in [5, 5.41) is 0. The van der Waals surface area contributed by atoms with Crippen molar-refractivity contribution in [2.75, 3.05) is 23.8 Å². The molecular weight excluding hydrogens is 316 g/mol. The number of rotatable bonds is 2. The molecule has 0 aromatic heterocycles. The molecule has 6 heteroatoms. The number of sulfone groups is 1. The van der Waals surface area contributed by atoms with E-state index in [0.29, 0.717) is 13.1 Å². The van der Waals surface area contributed by atoms with Crippen LogP contribution in [-0.2, 0) is 16.4 Å². The predicted octanol–water partition coefficient (Wildman–Crippen LogP) is 1.65. The van der Waals surface area contributed by atoms with E-state index in [2.05, 4.69) is 20.8 Å². The number of benzene rings is 1. The molecule has 0 amide bonds. The highest BCUT2D eigenvalue weighted by atomic mass is 79.9. The molecule has 1 aliphatic heterocycles. The topological polar surface area (TPSA) is 63.4 Å². The second-order valence-corrected chi connectivity index (χ2v) is 7.92. The Morgan fingerprint density at radius 3 is 2.83 bits per heavy atom. The zero-order chi connectivity index (χ0) is 13.3. The van der Waals surface area contributed by atoms with Crippen molar-refractivity contribution in [3.8, 4) is 0 Å². The van der Waals surface area contributed by atoms with Gasteiger partial charge >= 0.3 is 0 Å². The lowest BCUT2D eigenvalue weighted by Gasteiger charge is -2.33. The van der Waals surface area contributed by atoms with Gasteiger partial charge in [-0.25, -0.2) is 8.42 Å². The fourth-order valence-corrected chi connectivity index (χ4v) is 4.20. The van der Waals surface area contributed by atoms with Crippen molar-refractivity contribution < 1.29 is 8.42 Å². The Hall–Kier alpha value is -0.590. The second kappa shape index (κ2) is 5.19. The van der Waals surface area contributed by atoms with Gasteiger partial charge < -0.3 is 5.73 Å². The van der Waals surface area contributed by atoms with Gasteiger partial charge in [-0.2, -0.15) is 0 Å². The molecule has 0 aliphatic carbocycles. The van der Waals surface area contributed by atoms with Gasteiger partial charge in [0.1, 0.15) is 0 Å². The summed E-state index contributed by atoms with van der Waals surface area (Å²) < 4.78 is 24.0. The molecule has 1 heterocycles. The predicted molar refractivity (Wildman–Crippen MR) is 77.1 cm³/mol. The lowest BCUT2D eigenvalue weighted by molar-refractivity contribution is 0.218. The van der Waals surface area contributed by atoms with Crippen LogP contribution in [0.1, 0.15) is 12.5 Å². The Morgan fingerprint density at radius 2 is 2.22 bits per heavy atom. The third kappa shape index (κ3) is 3.24. The van der Waals surface area contributed by atoms with Crippen LogP contribution < -0.4 is 5.73 Å². The Morgan fingerprint density at radius 1 is 1.50 bits per heavy atom. The Kier molecular flexibility index (Phi) is 3.99. The van der Waals surface area contributed by atoms with E-state index in [-0.39, 0.29) is 17.5 Å². The number of nitrogens with two attached hydrogens (primary N) is 1. The Balaban J connectivity index is 2.10. The first-order chi connectivity index (χ1) is 8.37. The summed E-state index contributed by atoms with van der Waals surface area (Å²) in [6.45, 7) is 3.24. The minimum Gasteiger partial charge on any atom is -0.398 e. The molecule has 1 unspecified atom stereocenters. The van der Waals surface area contributed by atoms with Crippen LogP contribution in [0.4, 0.5) is 5.69 Å². The van der Waals surface area contributed by atoms with Crippen LogP contribution in [0.25, 0.3) is 0 Å². The van der Waals surface area contributed by atoms with Crippen molar-refractivity contribution in [2.45, 2.75) is 19.5 Å². The van der Waals surface area contributed by atoms with E-state index in [1.807, 2.05) is 25.1 Å². The van der Waals surface area contributed by atoms with Crippen molar-refractivity contribution in [1.82, 2.24) is 4.90 Å². The van der Waals surface area contributed by atoms with E-state index in [4.69, 9.17) is 5.73 Å². The van der Waals surface area contributed by atoms with Gasteiger partial charge in [-0.05, 0) is 24.6 Å². The molecule has 2 rings (SSSR count). The summed E-state index contributed by atoms with van der Waals surface area (Å²) in [4.78, 5) is 2.17. The highest BCUT2D eigenvalue weighted by molar-refractivity contribution is 9.10. The summed E-state index contributed by atoms with van der Waals surface area (Å²) in [6.07, 6.45) is 0. The zero-order valence-corrected chi connectivity index (χ0v) is 12.7. The summed E-state index contributed by atoms with van der Waals surface area (Å²) in [5.41, 5.74) is 7.75. The van der Waals surface area contributed by atoms with Gasteiger partial charge in [0.25, 0.3) is 0 Å². The minimum absolute atomic E-state index is 0.0480. The lowest BCUT2D eigenvalue weighted by atomic mass is 10.1. The van der Waals surface area contributed by atoms with E-state index in [9.17, 15) is 8.42 Å². The van der Waals surface area contributed by atoms with Crippen LogP contribution in [0.3, 0.4) is 0 Å². The summed E-state index contributed by atoms with van der Waals surface area (Å²) in [5.74, 6) is 0.483. The van der Waals surface area contributed by atoms with Gasteiger partial charge in [0.05, 0.1) is 11.5 Å². The van der Waals surface area contributed by atoms with Gasteiger partial charge in [0, 0.05) is 29.3 Å². The lowest BCUT2D eigenvalue weighted by Crippen LogP contribution is -2.46. The summed E-state index contributed by atoms with van der Waals surface area (Å²) >= 11 is 3.38. The first-order valence-corrected chi connectivity index (χ1v) is 8.47. The van der Waals surface area contributed by atoms with Gasteiger partial charge in [-0.1, -0.05) is 22.0 Å². The largest absolute Gasteiger partial charge is 0.398 e. The highest BCUT2D eigenvalue weighted by Gasteiger charge is 2.28. The number of nitrogen functional groups attached to an aromatic ring is 1. The Bertz CT molecular complexity index is 545. The molecule has 1 aromatic carbocycles. The van der Waals surface area contributed by atoms with E-state index < -0.39 is 9.84 Å².